The summed E-state index contributed by atoms with van der Waals surface area (Å²) < 4.78 is 21.3. The van der Waals surface area contributed by atoms with Crippen LogP contribution in [0.4, 0.5) is 4.39 Å². The minimum Gasteiger partial charge on any atom is -0.374 e. The number of benzene rings is 1. The summed E-state index contributed by atoms with van der Waals surface area (Å²) in [6.07, 6.45) is 2.17. The van der Waals surface area contributed by atoms with Gasteiger partial charge < -0.3 is 9.30 Å². The number of aryl methyl sites for hydroxylation is 1. The summed E-state index contributed by atoms with van der Waals surface area (Å²) in [7, 11) is 0. The molecule has 0 spiro atoms. The number of para-hydroxylation sites is 1. The molecule has 1 heterocycles. The fourth-order valence-corrected chi connectivity index (χ4v) is 2.01. The van der Waals surface area contributed by atoms with E-state index in [9.17, 15) is 4.39 Å². The van der Waals surface area contributed by atoms with Crippen LogP contribution in [-0.2, 0) is 17.9 Å². The molecule has 0 unspecified atom stereocenters. The third kappa shape index (κ3) is 2.34. The van der Waals surface area contributed by atoms with Crippen molar-refractivity contribution in [2.75, 3.05) is 0 Å². The Morgan fingerprint density at radius 2 is 2.12 bits per heavy atom. The molecule has 0 saturated carbocycles. The number of nitrogens with zero attached hydrogens (tertiary/aromatic N) is 1. The maximum atomic E-state index is 13.8. The van der Waals surface area contributed by atoms with E-state index in [0.29, 0.717) is 12.1 Å². The fraction of sp³-hybridized carbons (Fsp3) is 0.429. The molecule has 0 amide bonds. The Morgan fingerprint density at radius 3 is 2.76 bits per heavy atom. The van der Waals surface area contributed by atoms with E-state index in [4.69, 9.17) is 4.74 Å². The summed E-state index contributed by atoms with van der Waals surface area (Å²) in [6.45, 7) is 7.31. The first-order chi connectivity index (χ1) is 8.13. The van der Waals surface area contributed by atoms with Gasteiger partial charge in [0, 0.05) is 23.7 Å². The normalized spacial score (nSPS) is 11.6. The molecule has 3 heteroatoms. The molecule has 2 rings (SSSR count). The molecule has 1 aromatic carbocycles. The fourth-order valence-electron chi connectivity index (χ4n) is 2.01. The van der Waals surface area contributed by atoms with Crippen LogP contribution in [-0.4, -0.2) is 10.7 Å². The van der Waals surface area contributed by atoms with Crippen molar-refractivity contribution in [2.24, 2.45) is 0 Å². The summed E-state index contributed by atoms with van der Waals surface area (Å²) in [6, 6.07) is 5.20. The number of ether oxygens (including phenoxy) is 1. The first kappa shape index (κ1) is 12.1. The third-order valence-corrected chi connectivity index (χ3v) is 2.84. The number of rotatable bonds is 4. The van der Waals surface area contributed by atoms with Gasteiger partial charge >= 0.3 is 0 Å². The van der Waals surface area contributed by atoms with Gasteiger partial charge in [-0.25, -0.2) is 4.39 Å². The maximum absolute atomic E-state index is 13.8. The van der Waals surface area contributed by atoms with Crippen LogP contribution in [0.3, 0.4) is 0 Å². The van der Waals surface area contributed by atoms with Gasteiger partial charge in [0.15, 0.2) is 0 Å². The van der Waals surface area contributed by atoms with Gasteiger partial charge in [0.2, 0.25) is 0 Å². The largest absolute Gasteiger partial charge is 0.374 e. The number of hydrogen-bond acceptors (Lipinski definition) is 1. The van der Waals surface area contributed by atoms with E-state index < -0.39 is 0 Å². The molecule has 2 nitrogen and oxygen atoms in total. The molecule has 17 heavy (non-hydrogen) atoms. The molecule has 1 aromatic heterocycles. The van der Waals surface area contributed by atoms with Crippen LogP contribution in [0.5, 0.6) is 0 Å². The van der Waals surface area contributed by atoms with Crippen molar-refractivity contribution in [3.8, 4) is 0 Å². The number of fused-ring (bicyclic) bond motifs is 1. The van der Waals surface area contributed by atoms with E-state index in [0.717, 1.165) is 17.5 Å². The molecular formula is C14H18FNO. The minimum absolute atomic E-state index is 0.167. The van der Waals surface area contributed by atoms with E-state index in [-0.39, 0.29) is 11.9 Å². The van der Waals surface area contributed by atoms with E-state index in [1.54, 1.807) is 6.07 Å². The molecule has 0 bridgehead atoms. The van der Waals surface area contributed by atoms with Crippen LogP contribution in [0.25, 0.3) is 10.9 Å². The second-order valence-corrected chi connectivity index (χ2v) is 4.44. The van der Waals surface area contributed by atoms with Crippen molar-refractivity contribution in [3.63, 3.8) is 0 Å². The first-order valence-corrected chi connectivity index (χ1v) is 6.01. The highest BCUT2D eigenvalue weighted by Crippen LogP contribution is 2.24. The SMILES string of the molecule is CCn1cc(COC(C)C)c2cccc(F)c21. The van der Waals surface area contributed by atoms with Crippen molar-refractivity contribution < 1.29 is 9.13 Å². The second-order valence-electron chi connectivity index (χ2n) is 4.44. The molecule has 0 N–H and O–H groups in total. The van der Waals surface area contributed by atoms with Crippen molar-refractivity contribution >= 4 is 10.9 Å². The highest BCUT2D eigenvalue weighted by Gasteiger charge is 2.11. The summed E-state index contributed by atoms with van der Waals surface area (Å²) >= 11 is 0. The Labute approximate surface area is 101 Å². The second kappa shape index (κ2) is 4.88. The molecule has 0 aliphatic rings. The van der Waals surface area contributed by atoms with Gasteiger partial charge in [0.25, 0.3) is 0 Å². The lowest BCUT2D eigenvalue weighted by atomic mass is 10.2. The van der Waals surface area contributed by atoms with Gasteiger partial charge in [-0.3, -0.25) is 0 Å². The average Bonchev–Trinajstić information content (AvgIpc) is 2.66. The minimum atomic E-state index is -0.167. The first-order valence-electron chi connectivity index (χ1n) is 6.01. The molecule has 2 aromatic rings. The third-order valence-electron chi connectivity index (χ3n) is 2.84. The summed E-state index contributed by atoms with van der Waals surface area (Å²) in [4.78, 5) is 0. The Kier molecular flexibility index (Phi) is 3.48. The van der Waals surface area contributed by atoms with Crippen molar-refractivity contribution in [1.29, 1.82) is 0 Å². The van der Waals surface area contributed by atoms with E-state index in [2.05, 4.69) is 0 Å². The topological polar surface area (TPSA) is 14.2 Å². The number of halogens is 1. The summed E-state index contributed by atoms with van der Waals surface area (Å²) in [5, 5.41) is 0.951. The Hall–Kier alpha value is -1.35. The molecular weight excluding hydrogens is 217 g/mol. The molecule has 0 saturated heterocycles. The van der Waals surface area contributed by atoms with Gasteiger partial charge in [0.1, 0.15) is 5.82 Å². The Morgan fingerprint density at radius 1 is 1.35 bits per heavy atom. The van der Waals surface area contributed by atoms with Crippen molar-refractivity contribution in [3.05, 3.63) is 35.8 Å². The van der Waals surface area contributed by atoms with Crippen LogP contribution in [0.1, 0.15) is 26.3 Å². The molecule has 0 radical (unpaired) electrons. The van der Waals surface area contributed by atoms with Gasteiger partial charge in [-0.2, -0.15) is 0 Å². The Balaban J connectivity index is 2.46. The molecule has 0 aliphatic heterocycles. The molecule has 92 valence electrons. The standard InChI is InChI=1S/C14H18FNO/c1-4-16-8-11(9-17-10(2)3)12-6-5-7-13(15)14(12)16/h5-8,10H,4,9H2,1-3H3. The molecule has 0 aliphatic carbocycles. The zero-order valence-corrected chi connectivity index (χ0v) is 10.5. The molecule has 0 fully saturated rings. The smallest absolute Gasteiger partial charge is 0.147 e. The zero-order valence-electron chi connectivity index (χ0n) is 10.5. The van der Waals surface area contributed by atoms with Crippen LogP contribution >= 0.6 is 0 Å². The monoisotopic (exact) mass is 235 g/mol. The van der Waals surface area contributed by atoms with E-state index >= 15 is 0 Å². The van der Waals surface area contributed by atoms with Crippen LogP contribution in [0, 0.1) is 5.82 Å². The van der Waals surface area contributed by atoms with E-state index in [1.165, 1.54) is 6.07 Å². The number of hydrogen-bond donors (Lipinski definition) is 0. The van der Waals surface area contributed by atoms with Gasteiger partial charge in [-0.05, 0) is 26.8 Å². The highest BCUT2D eigenvalue weighted by molar-refractivity contribution is 5.84. The zero-order chi connectivity index (χ0) is 12.4. The number of aromatic nitrogens is 1. The van der Waals surface area contributed by atoms with Crippen molar-refractivity contribution in [1.82, 2.24) is 4.57 Å². The van der Waals surface area contributed by atoms with Gasteiger partial charge in [-0.1, -0.05) is 12.1 Å². The van der Waals surface area contributed by atoms with Crippen LogP contribution < -0.4 is 0 Å². The van der Waals surface area contributed by atoms with Gasteiger partial charge in [0.05, 0.1) is 18.2 Å². The van der Waals surface area contributed by atoms with Crippen LogP contribution in [0.2, 0.25) is 0 Å². The summed E-state index contributed by atoms with van der Waals surface area (Å²) in [5.74, 6) is -0.167. The Bertz CT molecular complexity index is 516. The predicted octanol–water partition coefficient (Wildman–Crippen LogP) is 3.73. The highest BCUT2D eigenvalue weighted by atomic mass is 19.1. The van der Waals surface area contributed by atoms with Gasteiger partial charge in [-0.15, -0.1) is 0 Å². The summed E-state index contributed by atoms with van der Waals surface area (Å²) in [5.41, 5.74) is 1.73. The molecule has 0 atom stereocenters. The quantitative estimate of drug-likeness (QED) is 0.787. The lowest BCUT2D eigenvalue weighted by Gasteiger charge is -2.05. The van der Waals surface area contributed by atoms with Crippen molar-refractivity contribution in [2.45, 2.75) is 40.0 Å². The lowest BCUT2D eigenvalue weighted by molar-refractivity contribution is 0.0663. The average molecular weight is 235 g/mol. The lowest BCUT2D eigenvalue weighted by Crippen LogP contribution is -2.01. The maximum Gasteiger partial charge on any atom is 0.147 e. The van der Waals surface area contributed by atoms with E-state index in [1.807, 2.05) is 37.6 Å². The predicted molar refractivity (Wildman–Crippen MR) is 67.5 cm³/mol. The van der Waals surface area contributed by atoms with Crippen LogP contribution in [0.15, 0.2) is 24.4 Å².